The SMILES string of the molecule is CC[C@H](C)NS(=O)(=O)c1cccc(N)c1. The summed E-state index contributed by atoms with van der Waals surface area (Å²) in [5.74, 6) is 0. The highest BCUT2D eigenvalue weighted by atomic mass is 32.2. The van der Waals surface area contributed by atoms with E-state index in [1.165, 1.54) is 12.1 Å². The van der Waals surface area contributed by atoms with Crippen molar-refractivity contribution >= 4 is 15.7 Å². The molecule has 5 heteroatoms. The first-order valence-corrected chi connectivity index (χ1v) is 6.32. The number of benzene rings is 1. The Morgan fingerprint density at radius 3 is 2.67 bits per heavy atom. The van der Waals surface area contributed by atoms with E-state index < -0.39 is 10.0 Å². The highest BCUT2D eigenvalue weighted by Gasteiger charge is 2.16. The second-order valence-corrected chi connectivity index (χ2v) is 5.22. The fourth-order valence-electron chi connectivity index (χ4n) is 1.10. The molecule has 0 aliphatic heterocycles. The van der Waals surface area contributed by atoms with Gasteiger partial charge in [0, 0.05) is 11.7 Å². The third kappa shape index (κ3) is 3.21. The number of rotatable bonds is 4. The van der Waals surface area contributed by atoms with Gasteiger partial charge >= 0.3 is 0 Å². The Kier molecular flexibility index (Phi) is 3.71. The molecule has 1 rings (SSSR count). The molecule has 84 valence electrons. The molecule has 0 fully saturated rings. The molecule has 1 aromatic carbocycles. The van der Waals surface area contributed by atoms with Crippen LogP contribution in [0.3, 0.4) is 0 Å². The number of hydrogen-bond acceptors (Lipinski definition) is 3. The average molecular weight is 228 g/mol. The van der Waals surface area contributed by atoms with Crippen molar-refractivity contribution in [2.24, 2.45) is 0 Å². The Hall–Kier alpha value is -1.07. The summed E-state index contributed by atoms with van der Waals surface area (Å²) in [5, 5.41) is 0. The van der Waals surface area contributed by atoms with E-state index >= 15 is 0 Å². The monoisotopic (exact) mass is 228 g/mol. The van der Waals surface area contributed by atoms with Gasteiger partial charge in [0.25, 0.3) is 0 Å². The van der Waals surface area contributed by atoms with Crippen LogP contribution in [0.1, 0.15) is 20.3 Å². The van der Waals surface area contributed by atoms with Gasteiger partial charge in [-0.1, -0.05) is 13.0 Å². The van der Waals surface area contributed by atoms with Crippen LogP contribution in [-0.2, 0) is 10.0 Å². The molecule has 0 aromatic heterocycles. The molecule has 0 unspecified atom stereocenters. The van der Waals surface area contributed by atoms with Crippen LogP contribution in [0.5, 0.6) is 0 Å². The van der Waals surface area contributed by atoms with Crippen molar-refractivity contribution in [1.29, 1.82) is 0 Å². The summed E-state index contributed by atoms with van der Waals surface area (Å²) in [7, 11) is -3.42. The molecule has 1 aromatic rings. The summed E-state index contributed by atoms with van der Waals surface area (Å²) < 4.78 is 26.1. The van der Waals surface area contributed by atoms with E-state index in [0.29, 0.717) is 5.69 Å². The van der Waals surface area contributed by atoms with Crippen molar-refractivity contribution in [3.05, 3.63) is 24.3 Å². The number of sulfonamides is 1. The quantitative estimate of drug-likeness (QED) is 0.764. The van der Waals surface area contributed by atoms with Crippen LogP contribution in [0.4, 0.5) is 5.69 Å². The van der Waals surface area contributed by atoms with E-state index in [4.69, 9.17) is 5.73 Å². The van der Waals surface area contributed by atoms with Gasteiger partial charge in [0.1, 0.15) is 0 Å². The number of hydrogen-bond donors (Lipinski definition) is 2. The lowest BCUT2D eigenvalue weighted by molar-refractivity contribution is 0.556. The maximum Gasteiger partial charge on any atom is 0.240 e. The van der Waals surface area contributed by atoms with Gasteiger partial charge in [-0.25, -0.2) is 13.1 Å². The van der Waals surface area contributed by atoms with Gasteiger partial charge in [0.15, 0.2) is 0 Å². The molecule has 0 aliphatic carbocycles. The minimum atomic E-state index is -3.42. The van der Waals surface area contributed by atoms with Crippen LogP contribution >= 0.6 is 0 Å². The van der Waals surface area contributed by atoms with Crippen molar-refractivity contribution in [2.45, 2.75) is 31.2 Å². The number of nitrogens with one attached hydrogen (secondary N) is 1. The standard InChI is InChI=1S/C10H16N2O2S/c1-3-8(2)12-15(13,14)10-6-4-5-9(11)7-10/h4-8,12H,3,11H2,1-2H3/t8-/m0/s1. The molecule has 1 atom stereocenters. The largest absolute Gasteiger partial charge is 0.399 e. The molecule has 3 N–H and O–H groups in total. The molecule has 0 saturated heterocycles. The van der Waals surface area contributed by atoms with Crippen molar-refractivity contribution in [2.75, 3.05) is 5.73 Å². The van der Waals surface area contributed by atoms with E-state index in [1.807, 2.05) is 13.8 Å². The molecule has 0 saturated carbocycles. The van der Waals surface area contributed by atoms with Crippen molar-refractivity contribution in [3.63, 3.8) is 0 Å². The zero-order valence-corrected chi connectivity index (χ0v) is 9.71. The van der Waals surface area contributed by atoms with Gasteiger partial charge in [-0.2, -0.15) is 0 Å². The predicted octanol–water partition coefficient (Wildman–Crippen LogP) is 1.35. The lowest BCUT2D eigenvalue weighted by Crippen LogP contribution is -2.32. The minimum absolute atomic E-state index is 0.0727. The molecular weight excluding hydrogens is 212 g/mol. The Morgan fingerprint density at radius 2 is 2.13 bits per heavy atom. The molecule has 0 heterocycles. The molecule has 0 spiro atoms. The fraction of sp³-hybridized carbons (Fsp3) is 0.400. The third-order valence-electron chi connectivity index (χ3n) is 2.14. The maximum atomic E-state index is 11.8. The second-order valence-electron chi connectivity index (χ2n) is 3.50. The first-order chi connectivity index (χ1) is 6.95. The number of nitrogens with two attached hydrogens (primary N) is 1. The van der Waals surface area contributed by atoms with E-state index in [1.54, 1.807) is 12.1 Å². The van der Waals surface area contributed by atoms with Crippen LogP contribution < -0.4 is 10.5 Å². The first-order valence-electron chi connectivity index (χ1n) is 4.83. The normalized spacial score (nSPS) is 13.7. The highest BCUT2D eigenvalue weighted by Crippen LogP contribution is 2.13. The second kappa shape index (κ2) is 4.63. The van der Waals surface area contributed by atoms with Crippen molar-refractivity contribution in [3.8, 4) is 0 Å². The number of anilines is 1. The Balaban J connectivity index is 2.96. The summed E-state index contributed by atoms with van der Waals surface area (Å²) in [5.41, 5.74) is 5.97. The highest BCUT2D eigenvalue weighted by molar-refractivity contribution is 7.89. The lowest BCUT2D eigenvalue weighted by Gasteiger charge is -2.12. The van der Waals surface area contributed by atoms with E-state index in [9.17, 15) is 8.42 Å². The van der Waals surface area contributed by atoms with Crippen molar-refractivity contribution in [1.82, 2.24) is 4.72 Å². The van der Waals surface area contributed by atoms with Gasteiger partial charge < -0.3 is 5.73 Å². The first kappa shape index (κ1) is 12.0. The van der Waals surface area contributed by atoms with Crippen LogP contribution in [0.2, 0.25) is 0 Å². The molecule has 0 amide bonds. The van der Waals surface area contributed by atoms with E-state index in [2.05, 4.69) is 4.72 Å². The van der Waals surface area contributed by atoms with Gasteiger partial charge in [-0.3, -0.25) is 0 Å². The zero-order chi connectivity index (χ0) is 11.5. The van der Waals surface area contributed by atoms with Gasteiger partial charge in [0.05, 0.1) is 4.90 Å². The number of nitrogen functional groups attached to an aromatic ring is 1. The molecule has 4 nitrogen and oxygen atoms in total. The van der Waals surface area contributed by atoms with E-state index in [-0.39, 0.29) is 10.9 Å². The fourth-order valence-corrected chi connectivity index (χ4v) is 2.48. The van der Waals surface area contributed by atoms with Crippen LogP contribution in [-0.4, -0.2) is 14.5 Å². The van der Waals surface area contributed by atoms with E-state index in [0.717, 1.165) is 6.42 Å². The summed E-state index contributed by atoms with van der Waals surface area (Å²) in [6.45, 7) is 3.75. The predicted molar refractivity (Wildman–Crippen MR) is 60.9 cm³/mol. The molecular formula is C10H16N2O2S. The third-order valence-corrected chi connectivity index (χ3v) is 3.72. The molecule has 15 heavy (non-hydrogen) atoms. The van der Waals surface area contributed by atoms with Gasteiger partial charge in [0.2, 0.25) is 10.0 Å². The summed E-state index contributed by atoms with van der Waals surface area (Å²) in [4.78, 5) is 0.211. The Morgan fingerprint density at radius 1 is 1.47 bits per heavy atom. The Labute approximate surface area is 90.5 Å². The summed E-state index contributed by atoms with van der Waals surface area (Å²) >= 11 is 0. The molecule has 0 aliphatic rings. The molecule has 0 radical (unpaired) electrons. The topological polar surface area (TPSA) is 72.2 Å². The van der Waals surface area contributed by atoms with Crippen molar-refractivity contribution < 1.29 is 8.42 Å². The van der Waals surface area contributed by atoms with Crippen LogP contribution in [0.25, 0.3) is 0 Å². The lowest BCUT2D eigenvalue weighted by atomic mass is 10.3. The summed E-state index contributed by atoms with van der Waals surface area (Å²) in [6, 6.07) is 6.19. The maximum absolute atomic E-state index is 11.8. The zero-order valence-electron chi connectivity index (χ0n) is 8.90. The smallest absolute Gasteiger partial charge is 0.240 e. The Bertz CT molecular complexity index is 429. The van der Waals surface area contributed by atoms with Crippen LogP contribution in [0.15, 0.2) is 29.2 Å². The average Bonchev–Trinajstić information content (AvgIpc) is 2.17. The van der Waals surface area contributed by atoms with Gasteiger partial charge in [-0.05, 0) is 31.5 Å². The summed E-state index contributed by atoms with van der Waals surface area (Å²) in [6.07, 6.45) is 0.752. The van der Waals surface area contributed by atoms with Crippen LogP contribution in [0, 0.1) is 0 Å². The minimum Gasteiger partial charge on any atom is -0.399 e. The molecule has 0 bridgehead atoms. The van der Waals surface area contributed by atoms with Gasteiger partial charge in [-0.15, -0.1) is 0 Å².